The Kier molecular flexibility index (Phi) is 2.84. The molecular formula is C13H11ClFN. The molecule has 82 valence electrons. The Labute approximate surface area is 99.1 Å². The molecule has 2 rings (SSSR count). The van der Waals surface area contributed by atoms with Crippen molar-refractivity contribution in [2.24, 2.45) is 0 Å². The molecule has 1 heterocycles. The molecule has 1 nitrogen and oxygen atoms in total. The second-order valence-electron chi connectivity index (χ2n) is 3.55. The number of benzene rings is 1. The van der Waals surface area contributed by atoms with E-state index in [2.05, 4.69) is 6.58 Å². The lowest BCUT2D eigenvalue weighted by Crippen LogP contribution is -2.18. The van der Waals surface area contributed by atoms with Gasteiger partial charge < -0.3 is 4.90 Å². The zero-order valence-electron chi connectivity index (χ0n) is 8.87. The molecular weight excluding hydrogens is 225 g/mol. The molecule has 0 atom stereocenters. The lowest BCUT2D eigenvalue weighted by atomic mass is 10.1. The van der Waals surface area contributed by atoms with Crippen LogP contribution in [0.25, 0.3) is 5.70 Å². The number of hydrogen-bond donors (Lipinski definition) is 0. The number of halogens is 2. The van der Waals surface area contributed by atoms with Crippen LogP contribution in [-0.2, 0) is 0 Å². The predicted octanol–water partition coefficient (Wildman–Crippen LogP) is 3.75. The molecule has 0 saturated heterocycles. The summed E-state index contributed by atoms with van der Waals surface area (Å²) in [4.78, 5) is 1.78. The third-order valence-electron chi connectivity index (χ3n) is 2.58. The van der Waals surface area contributed by atoms with Crippen molar-refractivity contribution in [2.45, 2.75) is 0 Å². The van der Waals surface area contributed by atoms with Crippen molar-refractivity contribution in [2.75, 3.05) is 7.05 Å². The first kappa shape index (κ1) is 11.0. The Morgan fingerprint density at radius 3 is 2.62 bits per heavy atom. The van der Waals surface area contributed by atoms with Crippen molar-refractivity contribution in [1.29, 1.82) is 0 Å². The van der Waals surface area contributed by atoms with Crippen molar-refractivity contribution in [3.05, 3.63) is 65.1 Å². The summed E-state index contributed by atoms with van der Waals surface area (Å²) in [7, 11) is 1.82. The van der Waals surface area contributed by atoms with Crippen LogP contribution in [0.3, 0.4) is 0 Å². The van der Waals surface area contributed by atoms with E-state index in [1.54, 1.807) is 35.3 Å². The third kappa shape index (κ3) is 1.76. The average Bonchev–Trinajstić information content (AvgIpc) is 2.28. The van der Waals surface area contributed by atoms with Gasteiger partial charge in [0.1, 0.15) is 5.82 Å². The first-order valence-corrected chi connectivity index (χ1v) is 5.24. The van der Waals surface area contributed by atoms with Crippen LogP contribution in [0.5, 0.6) is 0 Å². The predicted molar refractivity (Wildman–Crippen MR) is 65.2 cm³/mol. The van der Waals surface area contributed by atoms with E-state index in [4.69, 9.17) is 11.6 Å². The first-order chi connectivity index (χ1) is 7.61. The van der Waals surface area contributed by atoms with Crippen LogP contribution in [0.2, 0.25) is 0 Å². The van der Waals surface area contributed by atoms with E-state index >= 15 is 0 Å². The highest BCUT2D eigenvalue weighted by atomic mass is 35.5. The molecule has 1 aliphatic heterocycles. The van der Waals surface area contributed by atoms with Gasteiger partial charge in [-0.2, -0.15) is 0 Å². The van der Waals surface area contributed by atoms with Crippen molar-refractivity contribution in [3.8, 4) is 0 Å². The quantitative estimate of drug-likeness (QED) is 0.717. The van der Waals surface area contributed by atoms with Gasteiger partial charge in [0.15, 0.2) is 0 Å². The summed E-state index contributed by atoms with van der Waals surface area (Å²) in [6.07, 6.45) is 3.51. The fourth-order valence-electron chi connectivity index (χ4n) is 1.61. The summed E-state index contributed by atoms with van der Waals surface area (Å²) in [5.74, 6) is -0.250. The molecule has 0 spiro atoms. The Balaban J connectivity index is 2.50. The van der Waals surface area contributed by atoms with Crippen molar-refractivity contribution in [1.82, 2.24) is 4.90 Å². The maximum absolute atomic E-state index is 13.6. The van der Waals surface area contributed by atoms with Crippen LogP contribution in [0.4, 0.5) is 4.39 Å². The maximum Gasteiger partial charge on any atom is 0.132 e. The van der Waals surface area contributed by atoms with Crippen molar-refractivity contribution < 1.29 is 4.39 Å². The lowest BCUT2D eigenvalue weighted by molar-refractivity contribution is 0.585. The summed E-state index contributed by atoms with van der Waals surface area (Å²) in [6.45, 7) is 3.84. The Bertz CT molecular complexity index is 502. The average molecular weight is 236 g/mol. The third-order valence-corrected chi connectivity index (χ3v) is 2.92. The van der Waals surface area contributed by atoms with E-state index in [-0.39, 0.29) is 5.82 Å². The van der Waals surface area contributed by atoms with Gasteiger partial charge in [-0.1, -0.05) is 30.3 Å². The fourth-order valence-corrected chi connectivity index (χ4v) is 1.79. The van der Waals surface area contributed by atoms with Gasteiger partial charge in [-0.25, -0.2) is 4.39 Å². The number of likely N-dealkylation sites (N-methyl/N-ethyl adjacent to an activating group) is 1. The van der Waals surface area contributed by atoms with Gasteiger partial charge in [-0.05, 0) is 24.3 Å². The molecule has 0 fully saturated rings. The molecule has 3 heteroatoms. The minimum atomic E-state index is -0.250. The van der Waals surface area contributed by atoms with E-state index in [9.17, 15) is 4.39 Å². The smallest absolute Gasteiger partial charge is 0.132 e. The summed E-state index contributed by atoms with van der Waals surface area (Å²) in [5.41, 5.74) is 1.97. The number of allylic oxidation sites excluding steroid dienone is 3. The Hall–Kier alpha value is -1.54. The Morgan fingerprint density at radius 2 is 1.94 bits per heavy atom. The largest absolute Gasteiger partial charge is 0.343 e. The fraction of sp³-hybridized carbons (Fsp3) is 0.0769. The van der Waals surface area contributed by atoms with E-state index < -0.39 is 0 Å². The molecule has 0 N–H and O–H groups in total. The van der Waals surface area contributed by atoms with E-state index in [0.717, 1.165) is 5.70 Å². The summed E-state index contributed by atoms with van der Waals surface area (Å²) in [5, 5.41) is 0.572. The zero-order chi connectivity index (χ0) is 11.7. The minimum Gasteiger partial charge on any atom is -0.343 e. The second kappa shape index (κ2) is 4.14. The lowest BCUT2D eigenvalue weighted by Gasteiger charge is -2.27. The van der Waals surface area contributed by atoms with E-state index in [0.29, 0.717) is 16.3 Å². The Morgan fingerprint density at radius 1 is 1.25 bits per heavy atom. The number of hydrogen-bond acceptors (Lipinski definition) is 1. The van der Waals surface area contributed by atoms with Crippen LogP contribution in [0.1, 0.15) is 5.56 Å². The van der Waals surface area contributed by atoms with E-state index in [1.807, 2.05) is 7.05 Å². The van der Waals surface area contributed by atoms with Crippen molar-refractivity contribution in [3.63, 3.8) is 0 Å². The van der Waals surface area contributed by atoms with Crippen LogP contribution in [-0.4, -0.2) is 11.9 Å². The molecule has 1 aliphatic rings. The van der Waals surface area contributed by atoms with Gasteiger partial charge in [0.25, 0.3) is 0 Å². The number of rotatable bonds is 1. The van der Waals surface area contributed by atoms with Crippen LogP contribution in [0, 0.1) is 5.82 Å². The van der Waals surface area contributed by atoms with E-state index in [1.165, 1.54) is 6.07 Å². The molecule has 0 aliphatic carbocycles. The van der Waals surface area contributed by atoms with Crippen LogP contribution < -0.4 is 0 Å². The summed E-state index contributed by atoms with van der Waals surface area (Å²) < 4.78 is 13.6. The molecule has 0 radical (unpaired) electrons. The van der Waals surface area contributed by atoms with Gasteiger partial charge in [-0.3, -0.25) is 0 Å². The van der Waals surface area contributed by atoms with Gasteiger partial charge in [0.2, 0.25) is 0 Å². The standard InChI is InChI=1S/C13H11ClFN/c1-9-11(14)7-8-13(16(9)2)10-5-3-4-6-12(10)15/h3-8H,1H2,2H3. The minimum absolute atomic E-state index is 0.250. The highest BCUT2D eigenvalue weighted by Gasteiger charge is 2.18. The molecule has 0 unspecified atom stereocenters. The molecule has 16 heavy (non-hydrogen) atoms. The molecule has 0 amide bonds. The van der Waals surface area contributed by atoms with Crippen LogP contribution in [0.15, 0.2) is 53.7 Å². The van der Waals surface area contributed by atoms with Crippen LogP contribution >= 0.6 is 11.6 Å². The molecule has 0 bridgehead atoms. The molecule has 0 saturated carbocycles. The maximum atomic E-state index is 13.6. The second-order valence-corrected chi connectivity index (χ2v) is 3.96. The van der Waals surface area contributed by atoms with Crippen molar-refractivity contribution >= 4 is 17.3 Å². The topological polar surface area (TPSA) is 3.24 Å². The summed E-state index contributed by atoms with van der Waals surface area (Å²) >= 11 is 5.94. The zero-order valence-corrected chi connectivity index (χ0v) is 9.63. The molecule has 0 aromatic heterocycles. The highest BCUT2D eigenvalue weighted by Crippen LogP contribution is 2.31. The first-order valence-electron chi connectivity index (χ1n) is 4.86. The number of nitrogens with zero attached hydrogens (tertiary/aromatic N) is 1. The summed E-state index contributed by atoms with van der Waals surface area (Å²) in [6, 6.07) is 6.64. The SMILES string of the molecule is C=C1C(Cl)=CC=C(c2ccccc2F)N1C. The van der Waals surface area contributed by atoms with Gasteiger partial charge in [-0.15, -0.1) is 0 Å². The normalized spacial score (nSPS) is 15.9. The highest BCUT2D eigenvalue weighted by molar-refractivity contribution is 6.32. The van der Waals surface area contributed by atoms with Gasteiger partial charge >= 0.3 is 0 Å². The monoisotopic (exact) mass is 235 g/mol. The molecule has 1 aromatic rings. The van der Waals surface area contributed by atoms with Gasteiger partial charge in [0.05, 0.1) is 16.4 Å². The molecule has 1 aromatic carbocycles. The van der Waals surface area contributed by atoms with Gasteiger partial charge in [0, 0.05) is 12.6 Å².